The fraction of sp³-hybridized carbons (Fsp3) is 0.286. The molecule has 0 aliphatic carbocycles. The lowest BCUT2D eigenvalue weighted by atomic mass is 10.2. The van der Waals surface area contributed by atoms with Crippen LogP contribution < -0.4 is 19.3 Å². The second-order valence-corrected chi connectivity index (χ2v) is 6.89. The molecule has 138 valence electrons. The Morgan fingerprint density at radius 1 is 0.815 bits per heavy atom. The molecular formula is C21H22N4O2. The number of fused-ring (bicyclic) bond motifs is 1. The zero-order chi connectivity index (χ0) is 18.2. The van der Waals surface area contributed by atoms with Gasteiger partial charge in [0.05, 0.1) is 23.3 Å². The minimum absolute atomic E-state index is 0.317. The van der Waals surface area contributed by atoms with Gasteiger partial charge in [0.25, 0.3) is 0 Å². The van der Waals surface area contributed by atoms with Crippen molar-refractivity contribution in [3.63, 3.8) is 0 Å². The third-order valence-corrected chi connectivity index (χ3v) is 5.24. The number of piperazine rings is 1. The van der Waals surface area contributed by atoms with Crippen molar-refractivity contribution in [3.05, 3.63) is 60.4 Å². The molecule has 1 aromatic heterocycles. The number of rotatable bonds is 3. The number of benzene rings is 2. The monoisotopic (exact) mass is 362 g/mol. The van der Waals surface area contributed by atoms with Gasteiger partial charge in [-0.25, -0.2) is 4.68 Å². The lowest BCUT2D eigenvalue weighted by molar-refractivity contribution is 0.174. The van der Waals surface area contributed by atoms with Crippen molar-refractivity contribution < 1.29 is 9.47 Å². The lowest BCUT2D eigenvalue weighted by Gasteiger charge is -2.37. The zero-order valence-electron chi connectivity index (χ0n) is 15.3. The van der Waals surface area contributed by atoms with E-state index in [1.807, 2.05) is 28.9 Å². The molecule has 6 heteroatoms. The van der Waals surface area contributed by atoms with E-state index in [1.165, 1.54) is 11.4 Å². The lowest BCUT2D eigenvalue weighted by Crippen LogP contribution is -2.46. The van der Waals surface area contributed by atoms with Crippen LogP contribution in [0.25, 0.3) is 5.69 Å². The van der Waals surface area contributed by atoms with E-state index in [1.54, 1.807) is 0 Å². The number of hydrogen-bond donors (Lipinski definition) is 0. The summed E-state index contributed by atoms with van der Waals surface area (Å²) >= 11 is 0. The molecule has 3 heterocycles. The molecule has 0 radical (unpaired) electrons. The Bertz CT molecular complexity index is 946. The minimum atomic E-state index is 0.317. The van der Waals surface area contributed by atoms with Crippen molar-refractivity contribution >= 4 is 11.4 Å². The van der Waals surface area contributed by atoms with Crippen LogP contribution in [0, 0.1) is 6.92 Å². The van der Waals surface area contributed by atoms with E-state index in [-0.39, 0.29) is 0 Å². The minimum Gasteiger partial charge on any atom is -0.454 e. The van der Waals surface area contributed by atoms with Crippen molar-refractivity contribution in [2.75, 3.05) is 42.8 Å². The summed E-state index contributed by atoms with van der Waals surface area (Å²) in [7, 11) is 0. The Kier molecular flexibility index (Phi) is 3.89. The predicted molar refractivity (Wildman–Crippen MR) is 105 cm³/mol. The highest BCUT2D eigenvalue weighted by Crippen LogP contribution is 2.36. The summed E-state index contributed by atoms with van der Waals surface area (Å²) in [5.74, 6) is 1.68. The van der Waals surface area contributed by atoms with E-state index >= 15 is 0 Å². The Hall–Kier alpha value is -3.15. The number of hydrogen-bond acceptors (Lipinski definition) is 5. The molecule has 0 bridgehead atoms. The number of para-hydroxylation sites is 1. The van der Waals surface area contributed by atoms with E-state index in [4.69, 9.17) is 14.6 Å². The Morgan fingerprint density at radius 2 is 1.56 bits per heavy atom. The Morgan fingerprint density at radius 3 is 2.37 bits per heavy atom. The summed E-state index contributed by atoms with van der Waals surface area (Å²) in [6.45, 7) is 6.27. The molecule has 0 N–H and O–H groups in total. The Balaban J connectivity index is 1.30. The van der Waals surface area contributed by atoms with Crippen LogP contribution in [0.4, 0.5) is 11.4 Å². The number of nitrogens with zero attached hydrogens (tertiary/aromatic N) is 4. The van der Waals surface area contributed by atoms with E-state index in [0.29, 0.717) is 6.79 Å². The van der Waals surface area contributed by atoms with E-state index in [9.17, 15) is 0 Å². The van der Waals surface area contributed by atoms with Crippen LogP contribution in [0.5, 0.6) is 11.5 Å². The normalized spacial score (nSPS) is 16.0. The molecule has 6 nitrogen and oxygen atoms in total. The highest BCUT2D eigenvalue weighted by Gasteiger charge is 2.22. The summed E-state index contributed by atoms with van der Waals surface area (Å²) in [5.41, 5.74) is 4.56. The van der Waals surface area contributed by atoms with Gasteiger partial charge in [-0.05, 0) is 31.2 Å². The molecule has 2 aromatic carbocycles. The van der Waals surface area contributed by atoms with Crippen molar-refractivity contribution in [2.45, 2.75) is 6.92 Å². The number of ether oxygens (including phenoxy) is 2. The summed E-state index contributed by atoms with van der Waals surface area (Å²) in [4.78, 5) is 4.82. The molecule has 5 rings (SSSR count). The van der Waals surface area contributed by atoms with Crippen molar-refractivity contribution in [2.24, 2.45) is 0 Å². The van der Waals surface area contributed by atoms with Gasteiger partial charge in [-0.2, -0.15) is 5.10 Å². The largest absolute Gasteiger partial charge is 0.454 e. The van der Waals surface area contributed by atoms with Gasteiger partial charge in [-0.1, -0.05) is 18.2 Å². The first-order valence-corrected chi connectivity index (χ1v) is 9.29. The van der Waals surface area contributed by atoms with Gasteiger partial charge in [0.15, 0.2) is 11.5 Å². The Labute approximate surface area is 158 Å². The quantitative estimate of drug-likeness (QED) is 0.716. The molecule has 2 aliphatic heterocycles. The van der Waals surface area contributed by atoms with Gasteiger partial charge in [-0.3, -0.25) is 0 Å². The molecule has 1 saturated heterocycles. The standard InChI is InChI=1S/C21H22N4O2/c1-16-19(14-25(22-16)17-5-3-2-4-6-17)24-11-9-23(10-12-24)18-7-8-20-21(13-18)27-15-26-20/h2-8,13-14H,9-12,15H2,1H3. The zero-order valence-corrected chi connectivity index (χ0v) is 15.3. The molecule has 27 heavy (non-hydrogen) atoms. The van der Waals surface area contributed by atoms with Crippen molar-refractivity contribution in [3.8, 4) is 17.2 Å². The SMILES string of the molecule is Cc1nn(-c2ccccc2)cc1N1CCN(c2ccc3c(c2)OCO3)CC1. The molecule has 2 aliphatic rings. The van der Waals surface area contributed by atoms with Gasteiger partial charge < -0.3 is 19.3 Å². The second-order valence-electron chi connectivity index (χ2n) is 6.89. The van der Waals surface area contributed by atoms with Crippen LogP contribution in [0.1, 0.15) is 5.69 Å². The summed E-state index contributed by atoms with van der Waals surface area (Å²) < 4.78 is 12.9. The van der Waals surface area contributed by atoms with Gasteiger partial charge >= 0.3 is 0 Å². The summed E-state index contributed by atoms with van der Waals surface area (Å²) in [6.07, 6.45) is 2.14. The summed E-state index contributed by atoms with van der Waals surface area (Å²) in [6, 6.07) is 16.4. The molecule has 0 atom stereocenters. The summed E-state index contributed by atoms with van der Waals surface area (Å²) in [5, 5.41) is 4.70. The molecule has 0 spiro atoms. The third kappa shape index (κ3) is 2.97. The molecular weight excluding hydrogens is 340 g/mol. The highest BCUT2D eigenvalue weighted by molar-refractivity contribution is 5.59. The van der Waals surface area contributed by atoms with Gasteiger partial charge in [0.2, 0.25) is 6.79 Å². The fourth-order valence-electron chi connectivity index (χ4n) is 3.76. The van der Waals surface area contributed by atoms with Crippen LogP contribution >= 0.6 is 0 Å². The van der Waals surface area contributed by atoms with E-state index in [0.717, 1.165) is 49.1 Å². The first kappa shape index (κ1) is 16.1. The van der Waals surface area contributed by atoms with Crippen LogP contribution in [0.3, 0.4) is 0 Å². The molecule has 1 fully saturated rings. The maximum Gasteiger partial charge on any atom is 0.231 e. The fourth-order valence-corrected chi connectivity index (χ4v) is 3.76. The second kappa shape index (κ2) is 6.54. The van der Waals surface area contributed by atoms with Crippen molar-refractivity contribution in [1.29, 1.82) is 0 Å². The van der Waals surface area contributed by atoms with Crippen LogP contribution in [-0.4, -0.2) is 42.8 Å². The van der Waals surface area contributed by atoms with Gasteiger partial charge in [-0.15, -0.1) is 0 Å². The smallest absolute Gasteiger partial charge is 0.231 e. The van der Waals surface area contributed by atoms with Gasteiger partial charge in [0, 0.05) is 37.9 Å². The van der Waals surface area contributed by atoms with Gasteiger partial charge in [0.1, 0.15) is 0 Å². The molecule has 0 saturated carbocycles. The maximum absolute atomic E-state index is 5.51. The first-order valence-electron chi connectivity index (χ1n) is 9.29. The van der Waals surface area contributed by atoms with Crippen LogP contribution in [0.15, 0.2) is 54.7 Å². The number of anilines is 2. The number of aryl methyl sites for hydroxylation is 1. The number of aromatic nitrogens is 2. The van der Waals surface area contributed by atoms with Crippen LogP contribution in [-0.2, 0) is 0 Å². The molecule has 0 unspecified atom stereocenters. The van der Waals surface area contributed by atoms with E-state index in [2.05, 4.69) is 47.2 Å². The average Bonchev–Trinajstić information content (AvgIpc) is 3.35. The predicted octanol–water partition coefficient (Wildman–Crippen LogP) is 3.24. The topological polar surface area (TPSA) is 42.8 Å². The van der Waals surface area contributed by atoms with E-state index < -0.39 is 0 Å². The highest BCUT2D eigenvalue weighted by atomic mass is 16.7. The third-order valence-electron chi connectivity index (χ3n) is 5.24. The van der Waals surface area contributed by atoms with Crippen LogP contribution in [0.2, 0.25) is 0 Å². The molecule has 0 amide bonds. The maximum atomic E-state index is 5.51. The molecule has 3 aromatic rings. The van der Waals surface area contributed by atoms with Crippen molar-refractivity contribution in [1.82, 2.24) is 9.78 Å². The first-order chi connectivity index (χ1) is 13.3. The average molecular weight is 362 g/mol.